The van der Waals surface area contributed by atoms with Gasteiger partial charge in [-0.05, 0) is 24.6 Å². The summed E-state index contributed by atoms with van der Waals surface area (Å²) in [5, 5.41) is 22.6. The van der Waals surface area contributed by atoms with E-state index < -0.39 is 10.9 Å². The lowest BCUT2D eigenvalue weighted by Crippen LogP contribution is -1.95. The monoisotopic (exact) mass is 303 g/mol. The van der Waals surface area contributed by atoms with E-state index in [9.17, 15) is 14.9 Å². The molecule has 0 atom stereocenters. The fraction of sp³-hybridized carbons (Fsp3) is 0.0769. The number of aromatic carboxylic acids is 1. The minimum absolute atomic E-state index is 0.00809. The highest BCUT2D eigenvalue weighted by Gasteiger charge is 2.18. The van der Waals surface area contributed by atoms with Gasteiger partial charge in [0, 0.05) is 16.8 Å². The smallest absolute Gasteiger partial charge is 0.355 e. The minimum atomic E-state index is -1.10. The molecule has 0 aliphatic rings. The van der Waals surface area contributed by atoms with E-state index in [1.165, 1.54) is 22.8 Å². The maximum Gasteiger partial charge on any atom is 0.355 e. The molecule has 1 aromatic carbocycles. The van der Waals surface area contributed by atoms with Gasteiger partial charge in [0.2, 0.25) is 0 Å². The van der Waals surface area contributed by atoms with Crippen LogP contribution in [0.5, 0.6) is 0 Å². The molecule has 2 heterocycles. The highest BCUT2D eigenvalue weighted by molar-refractivity contribution is 7.13. The predicted octanol–water partition coefficient (Wildman–Crippen LogP) is 3.21. The third kappa shape index (κ3) is 2.25. The molecule has 0 radical (unpaired) electrons. The van der Waals surface area contributed by atoms with Crippen LogP contribution in [-0.4, -0.2) is 26.0 Å². The zero-order valence-corrected chi connectivity index (χ0v) is 11.6. The Labute approximate surface area is 122 Å². The number of aryl methyl sites for hydroxylation is 1. The average Bonchev–Trinajstić information content (AvgIpc) is 3.03. The average molecular weight is 303 g/mol. The zero-order chi connectivity index (χ0) is 15.1. The van der Waals surface area contributed by atoms with Gasteiger partial charge in [-0.1, -0.05) is 0 Å². The van der Waals surface area contributed by atoms with Gasteiger partial charge < -0.3 is 10.1 Å². The van der Waals surface area contributed by atoms with Crippen molar-refractivity contribution in [2.24, 2.45) is 0 Å². The lowest BCUT2D eigenvalue weighted by atomic mass is 10.1. The second-order valence-corrected chi connectivity index (χ2v) is 5.39. The molecular formula is C13H9N3O4S. The molecule has 0 saturated heterocycles. The quantitative estimate of drug-likeness (QED) is 0.570. The Morgan fingerprint density at radius 2 is 2.19 bits per heavy atom. The SMILES string of the molecule is Cc1cc([N+](=O)[O-])c2[nH]c(-c3nc(C(=O)O)cs3)cc2c1. The number of nitro groups is 1. The number of aromatic nitrogens is 2. The van der Waals surface area contributed by atoms with Crippen molar-refractivity contribution >= 4 is 33.9 Å². The normalized spacial score (nSPS) is 10.9. The van der Waals surface area contributed by atoms with Crippen LogP contribution < -0.4 is 0 Å². The standard InChI is InChI=1S/C13H9N3O4S/c1-6-2-7-4-8(12-15-9(5-21-12)13(17)18)14-11(7)10(3-6)16(19)20/h2-5,14H,1H3,(H,17,18). The van der Waals surface area contributed by atoms with Gasteiger partial charge in [-0.2, -0.15) is 0 Å². The number of hydrogen-bond donors (Lipinski definition) is 2. The van der Waals surface area contributed by atoms with Gasteiger partial charge in [0.05, 0.1) is 10.6 Å². The van der Waals surface area contributed by atoms with Crippen molar-refractivity contribution in [3.05, 3.63) is 45.0 Å². The number of H-pyrrole nitrogens is 1. The molecule has 8 heteroatoms. The number of rotatable bonds is 3. The van der Waals surface area contributed by atoms with Crippen molar-refractivity contribution < 1.29 is 14.8 Å². The number of carboxylic acids is 1. The molecular weight excluding hydrogens is 294 g/mol. The number of benzene rings is 1. The largest absolute Gasteiger partial charge is 0.476 e. The van der Waals surface area contributed by atoms with Crippen molar-refractivity contribution in [3.63, 3.8) is 0 Å². The number of hydrogen-bond acceptors (Lipinski definition) is 5. The summed E-state index contributed by atoms with van der Waals surface area (Å²) in [6.07, 6.45) is 0. The summed E-state index contributed by atoms with van der Waals surface area (Å²) in [5.41, 5.74) is 1.71. The first-order valence-electron chi connectivity index (χ1n) is 5.92. The number of aromatic amines is 1. The van der Waals surface area contributed by atoms with E-state index in [0.717, 1.165) is 5.56 Å². The van der Waals surface area contributed by atoms with E-state index in [-0.39, 0.29) is 11.4 Å². The van der Waals surface area contributed by atoms with Gasteiger partial charge in [0.25, 0.3) is 5.69 Å². The maximum absolute atomic E-state index is 11.1. The van der Waals surface area contributed by atoms with Gasteiger partial charge in [-0.3, -0.25) is 10.1 Å². The number of carbonyl (C=O) groups is 1. The van der Waals surface area contributed by atoms with Crippen LogP contribution in [0.1, 0.15) is 16.1 Å². The van der Waals surface area contributed by atoms with E-state index in [1.54, 1.807) is 13.0 Å². The molecule has 0 aliphatic heterocycles. The van der Waals surface area contributed by atoms with Crippen LogP contribution in [-0.2, 0) is 0 Å². The lowest BCUT2D eigenvalue weighted by molar-refractivity contribution is -0.383. The van der Waals surface area contributed by atoms with Crippen LogP contribution in [0.3, 0.4) is 0 Å². The number of fused-ring (bicyclic) bond motifs is 1. The van der Waals surface area contributed by atoms with E-state index in [2.05, 4.69) is 9.97 Å². The van der Waals surface area contributed by atoms with Crippen molar-refractivity contribution in [3.8, 4) is 10.7 Å². The Hall–Kier alpha value is -2.74. The van der Waals surface area contributed by atoms with E-state index in [0.29, 0.717) is 21.6 Å². The van der Waals surface area contributed by atoms with Crippen molar-refractivity contribution in [2.45, 2.75) is 6.92 Å². The molecule has 7 nitrogen and oxygen atoms in total. The summed E-state index contributed by atoms with van der Waals surface area (Å²) in [5.74, 6) is -1.10. The summed E-state index contributed by atoms with van der Waals surface area (Å²) in [6, 6.07) is 5.06. The molecule has 0 amide bonds. The minimum Gasteiger partial charge on any atom is -0.476 e. The van der Waals surface area contributed by atoms with E-state index in [1.807, 2.05) is 6.07 Å². The summed E-state index contributed by atoms with van der Waals surface area (Å²) >= 11 is 1.17. The Bertz CT molecular complexity index is 881. The molecule has 2 aromatic heterocycles. The van der Waals surface area contributed by atoms with E-state index >= 15 is 0 Å². The first-order chi connectivity index (χ1) is 9.95. The van der Waals surface area contributed by atoms with Gasteiger partial charge in [-0.25, -0.2) is 9.78 Å². The number of thiazole rings is 1. The predicted molar refractivity (Wildman–Crippen MR) is 77.8 cm³/mol. The van der Waals surface area contributed by atoms with Crippen LogP contribution in [0.15, 0.2) is 23.6 Å². The number of nitro benzene ring substituents is 1. The highest BCUT2D eigenvalue weighted by atomic mass is 32.1. The maximum atomic E-state index is 11.1. The summed E-state index contributed by atoms with van der Waals surface area (Å²) in [6.45, 7) is 1.78. The summed E-state index contributed by atoms with van der Waals surface area (Å²) in [4.78, 5) is 28.5. The molecule has 3 rings (SSSR count). The first kappa shape index (κ1) is 13.3. The number of nitrogens with zero attached hydrogens (tertiary/aromatic N) is 2. The molecule has 2 N–H and O–H groups in total. The molecule has 0 saturated carbocycles. The number of carboxylic acid groups (broad SMARTS) is 1. The fourth-order valence-electron chi connectivity index (χ4n) is 2.13. The Balaban J connectivity index is 2.18. The second-order valence-electron chi connectivity index (χ2n) is 4.53. The van der Waals surface area contributed by atoms with E-state index in [4.69, 9.17) is 5.11 Å². The lowest BCUT2D eigenvalue weighted by Gasteiger charge is -1.96. The highest BCUT2D eigenvalue weighted by Crippen LogP contribution is 2.32. The van der Waals surface area contributed by atoms with Gasteiger partial charge in [0.15, 0.2) is 5.69 Å². The van der Waals surface area contributed by atoms with Crippen molar-refractivity contribution in [1.82, 2.24) is 9.97 Å². The third-order valence-corrected chi connectivity index (χ3v) is 3.88. The molecule has 21 heavy (non-hydrogen) atoms. The van der Waals surface area contributed by atoms with Crippen LogP contribution >= 0.6 is 11.3 Å². The summed E-state index contributed by atoms with van der Waals surface area (Å²) < 4.78 is 0. The Morgan fingerprint density at radius 3 is 2.81 bits per heavy atom. The van der Waals surface area contributed by atoms with Gasteiger partial charge in [0.1, 0.15) is 10.5 Å². The first-order valence-corrected chi connectivity index (χ1v) is 6.80. The second kappa shape index (κ2) is 4.67. The molecule has 0 bridgehead atoms. The molecule has 3 aromatic rings. The molecule has 0 fully saturated rings. The molecule has 0 spiro atoms. The fourth-order valence-corrected chi connectivity index (χ4v) is 2.89. The summed E-state index contributed by atoms with van der Waals surface area (Å²) in [7, 11) is 0. The Morgan fingerprint density at radius 1 is 1.43 bits per heavy atom. The van der Waals surface area contributed by atoms with Gasteiger partial charge in [-0.15, -0.1) is 11.3 Å². The van der Waals surface area contributed by atoms with Crippen molar-refractivity contribution in [1.29, 1.82) is 0 Å². The van der Waals surface area contributed by atoms with Crippen LogP contribution in [0.25, 0.3) is 21.6 Å². The molecule has 0 unspecified atom stereocenters. The van der Waals surface area contributed by atoms with Crippen LogP contribution in [0, 0.1) is 17.0 Å². The van der Waals surface area contributed by atoms with Gasteiger partial charge >= 0.3 is 5.97 Å². The third-order valence-electron chi connectivity index (χ3n) is 3.00. The van der Waals surface area contributed by atoms with Crippen LogP contribution in [0.2, 0.25) is 0 Å². The number of non-ortho nitro benzene ring substituents is 1. The van der Waals surface area contributed by atoms with Crippen molar-refractivity contribution in [2.75, 3.05) is 0 Å². The zero-order valence-electron chi connectivity index (χ0n) is 10.8. The number of nitrogens with one attached hydrogen (secondary N) is 1. The topological polar surface area (TPSA) is 109 Å². The molecule has 106 valence electrons. The Kier molecular flexibility index (Phi) is 2.95. The van der Waals surface area contributed by atoms with Crippen LogP contribution in [0.4, 0.5) is 5.69 Å². The molecule has 0 aliphatic carbocycles.